The van der Waals surface area contributed by atoms with Crippen LogP contribution in [0.5, 0.6) is 0 Å². The van der Waals surface area contributed by atoms with Gasteiger partial charge in [-0.3, -0.25) is 4.79 Å². The van der Waals surface area contributed by atoms with E-state index in [2.05, 4.69) is 26.1 Å². The predicted octanol–water partition coefficient (Wildman–Crippen LogP) is 1.54. The summed E-state index contributed by atoms with van der Waals surface area (Å²) < 4.78 is 5.21. The zero-order valence-corrected chi connectivity index (χ0v) is 11.7. The molecule has 1 unspecified atom stereocenters. The van der Waals surface area contributed by atoms with Gasteiger partial charge in [-0.05, 0) is 25.2 Å². The van der Waals surface area contributed by atoms with Crippen LogP contribution >= 0.6 is 0 Å². The molecule has 0 saturated carbocycles. The van der Waals surface area contributed by atoms with Gasteiger partial charge in [0.05, 0.1) is 5.92 Å². The van der Waals surface area contributed by atoms with E-state index in [4.69, 9.17) is 10.5 Å². The maximum atomic E-state index is 11.9. The Bertz CT molecular complexity index is 212. The Hall–Kier alpha value is -0.610. The van der Waals surface area contributed by atoms with Crippen LogP contribution in [0.25, 0.3) is 0 Å². The van der Waals surface area contributed by atoms with Gasteiger partial charge < -0.3 is 15.8 Å². The lowest BCUT2D eigenvalue weighted by molar-refractivity contribution is -0.125. The fourth-order valence-corrected chi connectivity index (χ4v) is 1.70. The van der Waals surface area contributed by atoms with Crippen LogP contribution in [-0.2, 0) is 9.53 Å². The van der Waals surface area contributed by atoms with Crippen molar-refractivity contribution in [3.8, 4) is 0 Å². The first-order chi connectivity index (χ1) is 7.90. The first-order valence-corrected chi connectivity index (χ1v) is 6.46. The molecule has 0 heterocycles. The molecule has 0 radical (unpaired) electrons. The van der Waals surface area contributed by atoms with Crippen LogP contribution in [0.2, 0.25) is 0 Å². The van der Waals surface area contributed by atoms with Crippen molar-refractivity contribution in [1.82, 2.24) is 5.32 Å². The second kappa shape index (κ2) is 8.48. The number of nitrogens with two attached hydrogens (primary N) is 1. The van der Waals surface area contributed by atoms with Crippen molar-refractivity contribution in [1.29, 1.82) is 0 Å². The smallest absolute Gasteiger partial charge is 0.224 e. The van der Waals surface area contributed by atoms with E-state index in [1.165, 1.54) is 0 Å². The van der Waals surface area contributed by atoms with Crippen LogP contribution in [0.4, 0.5) is 0 Å². The summed E-state index contributed by atoms with van der Waals surface area (Å²) in [5, 5.41) is 2.92. The maximum Gasteiger partial charge on any atom is 0.224 e. The van der Waals surface area contributed by atoms with Crippen molar-refractivity contribution in [3.05, 3.63) is 0 Å². The third kappa shape index (κ3) is 9.12. The van der Waals surface area contributed by atoms with Crippen molar-refractivity contribution >= 4 is 5.91 Å². The molecule has 1 amide bonds. The van der Waals surface area contributed by atoms with Crippen LogP contribution in [0.1, 0.15) is 40.5 Å². The molecule has 0 aromatic carbocycles. The van der Waals surface area contributed by atoms with E-state index in [1.807, 2.05) is 6.92 Å². The van der Waals surface area contributed by atoms with Crippen LogP contribution in [-0.4, -0.2) is 32.2 Å². The molecule has 0 saturated heterocycles. The Morgan fingerprint density at radius 3 is 2.53 bits per heavy atom. The highest BCUT2D eigenvalue weighted by molar-refractivity contribution is 5.78. The van der Waals surface area contributed by atoms with Crippen LogP contribution in [0.3, 0.4) is 0 Å². The van der Waals surface area contributed by atoms with Crippen molar-refractivity contribution in [2.75, 3.05) is 26.3 Å². The summed E-state index contributed by atoms with van der Waals surface area (Å²) in [6, 6.07) is 0. The highest BCUT2D eigenvalue weighted by Gasteiger charge is 2.23. The van der Waals surface area contributed by atoms with Gasteiger partial charge >= 0.3 is 0 Å². The molecule has 17 heavy (non-hydrogen) atoms. The minimum Gasteiger partial charge on any atom is -0.382 e. The summed E-state index contributed by atoms with van der Waals surface area (Å²) in [5.74, 6) is -0.0129. The molecule has 0 aromatic rings. The highest BCUT2D eigenvalue weighted by Crippen LogP contribution is 2.23. The molecule has 4 nitrogen and oxygen atoms in total. The molecule has 0 fully saturated rings. The summed E-state index contributed by atoms with van der Waals surface area (Å²) in [6.07, 6.45) is 1.67. The lowest BCUT2D eigenvalue weighted by Crippen LogP contribution is -2.37. The van der Waals surface area contributed by atoms with Gasteiger partial charge in [0.15, 0.2) is 0 Å². The average Bonchev–Trinajstić information content (AvgIpc) is 2.24. The SMILES string of the molecule is CCOCCCNC(=O)C(CN)CC(C)(C)C. The second-order valence-corrected chi connectivity index (χ2v) is 5.54. The molecule has 0 bridgehead atoms. The van der Waals surface area contributed by atoms with E-state index in [0.717, 1.165) is 19.4 Å². The first-order valence-electron chi connectivity index (χ1n) is 6.46. The number of nitrogens with one attached hydrogen (secondary N) is 1. The third-order valence-corrected chi connectivity index (χ3v) is 2.48. The molecule has 1 atom stereocenters. The zero-order valence-electron chi connectivity index (χ0n) is 11.7. The number of hydrogen-bond donors (Lipinski definition) is 2. The molecule has 102 valence electrons. The maximum absolute atomic E-state index is 11.9. The van der Waals surface area contributed by atoms with Crippen molar-refractivity contribution < 1.29 is 9.53 Å². The molecule has 0 aromatic heterocycles. The monoisotopic (exact) mass is 244 g/mol. The largest absolute Gasteiger partial charge is 0.382 e. The lowest BCUT2D eigenvalue weighted by Gasteiger charge is -2.24. The normalized spacial score (nSPS) is 13.5. The molecular formula is C13H28N2O2. The van der Waals surface area contributed by atoms with E-state index in [9.17, 15) is 4.79 Å². The first kappa shape index (κ1) is 16.4. The Morgan fingerprint density at radius 1 is 1.41 bits per heavy atom. The molecule has 0 aliphatic rings. The summed E-state index contributed by atoms with van der Waals surface area (Å²) >= 11 is 0. The van der Waals surface area contributed by atoms with Gasteiger partial charge in [0.25, 0.3) is 0 Å². The summed E-state index contributed by atoms with van der Waals surface area (Å²) in [7, 11) is 0. The number of ether oxygens (including phenoxy) is 1. The van der Waals surface area contributed by atoms with Crippen LogP contribution in [0.15, 0.2) is 0 Å². The van der Waals surface area contributed by atoms with Gasteiger partial charge in [-0.25, -0.2) is 0 Å². The van der Waals surface area contributed by atoms with Crippen LogP contribution < -0.4 is 11.1 Å². The second-order valence-electron chi connectivity index (χ2n) is 5.54. The molecular weight excluding hydrogens is 216 g/mol. The fraction of sp³-hybridized carbons (Fsp3) is 0.923. The van der Waals surface area contributed by atoms with Gasteiger partial charge in [0, 0.05) is 26.3 Å². The van der Waals surface area contributed by atoms with Gasteiger partial charge in [-0.1, -0.05) is 20.8 Å². The van der Waals surface area contributed by atoms with E-state index in [0.29, 0.717) is 19.7 Å². The Balaban J connectivity index is 3.85. The predicted molar refractivity (Wildman–Crippen MR) is 70.7 cm³/mol. The summed E-state index contributed by atoms with van der Waals surface area (Å²) in [6.45, 7) is 10.8. The Kier molecular flexibility index (Phi) is 8.17. The molecule has 0 rings (SSSR count). The van der Waals surface area contributed by atoms with E-state index < -0.39 is 0 Å². The van der Waals surface area contributed by atoms with Gasteiger partial charge in [-0.2, -0.15) is 0 Å². The molecule has 0 aliphatic carbocycles. The number of rotatable bonds is 8. The van der Waals surface area contributed by atoms with Gasteiger partial charge in [0.1, 0.15) is 0 Å². The molecule has 3 N–H and O–H groups in total. The standard InChI is InChI=1S/C13H28N2O2/c1-5-17-8-6-7-15-12(16)11(10-14)9-13(2,3)4/h11H,5-10,14H2,1-4H3,(H,15,16). The van der Waals surface area contributed by atoms with Crippen molar-refractivity contribution in [2.45, 2.75) is 40.5 Å². The number of carbonyl (C=O) groups excluding carboxylic acids is 1. The van der Waals surface area contributed by atoms with Crippen molar-refractivity contribution in [2.24, 2.45) is 17.1 Å². The number of carbonyl (C=O) groups is 1. The number of hydrogen-bond acceptors (Lipinski definition) is 3. The highest BCUT2D eigenvalue weighted by atomic mass is 16.5. The van der Waals surface area contributed by atoms with Gasteiger partial charge in [-0.15, -0.1) is 0 Å². The zero-order chi connectivity index (χ0) is 13.3. The van der Waals surface area contributed by atoms with E-state index in [1.54, 1.807) is 0 Å². The van der Waals surface area contributed by atoms with Gasteiger partial charge in [0.2, 0.25) is 5.91 Å². The Morgan fingerprint density at radius 2 is 2.06 bits per heavy atom. The molecule has 0 aliphatic heterocycles. The minimum atomic E-state index is -0.0814. The third-order valence-electron chi connectivity index (χ3n) is 2.48. The minimum absolute atomic E-state index is 0.0684. The van der Waals surface area contributed by atoms with Crippen molar-refractivity contribution in [3.63, 3.8) is 0 Å². The lowest BCUT2D eigenvalue weighted by atomic mass is 9.84. The Labute approximate surface area is 105 Å². The quantitative estimate of drug-likeness (QED) is 0.637. The summed E-state index contributed by atoms with van der Waals surface area (Å²) in [5.41, 5.74) is 5.78. The summed E-state index contributed by atoms with van der Waals surface area (Å²) in [4.78, 5) is 11.9. The topological polar surface area (TPSA) is 64.3 Å². The number of amides is 1. The average molecular weight is 244 g/mol. The molecule has 4 heteroatoms. The molecule has 0 spiro atoms. The fourth-order valence-electron chi connectivity index (χ4n) is 1.70. The van der Waals surface area contributed by atoms with E-state index >= 15 is 0 Å². The van der Waals surface area contributed by atoms with E-state index in [-0.39, 0.29) is 17.2 Å². The van der Waals surface area contributed by atoms with Crippen LogP contribution in [0, 0.1) is 11.3 Å².